The Balaban J connectivity index is 2.33. The fourth-order valence-electron chi connectivity index (χ4n) is 1.27. The van der Waals surface area contributed by atoms with E-state index in [0.29, 0.717) is 0 Å². The molecule has 0 fully saturated rings. The Kier molecular flexibility index (Phi) is 6.06. The van der Waals surface area contributed by atoms with Crippen LogP contribution in [-0.4, -0.2) is 18.3 Å². The SMILES string of the molecule is OCCCCCNc1cc(Cl)ccc1Br. The molecule has 0 radical (unpaired) electrons. The molecule has 4 heteroatoms. The lowest BCUT2D eigenvalue weighted by Gasteiger charge is -2.08. The Hall–Kier alpha value is -0.250. The molecule has 1 aromatic rings. The second-order valence-corrected chi connectivity index (χ2v) is 4.63. The van der Waals surface area contributed by atoms with E-state index in [4.69, 9.17) is 16.7 Å². The molecule has 0 aromatic heterocycles. The Morgan fingerprint density at radius 3 is 2.80 bits per heavy atom. The number of rotatable bonds is 6. The van der Waals surface area contributed by atoms with Crippen LogP contribution in [0.2, 0.25) is 5.02 Å². The van der Waals surface area contributed by atoms with Gasteiger partial charge in [0, 0.05) is 28.3 Å². The van der Waals surface area contributed by atoms with Crippen molar-refractivity contribution in [2.75, 3.05) is 18.5 Å². The maximum absolute atomic E-state index is 8.62. The number of aliphatic hydroxyl groups excluding tert-OH is 1. The molecule has 15 heavy (non-hydrogen) atoms. The topological polar surface area (TPSA) is 32.3 Å². The molecule has 0 saturated carbocycles. The molecule has 0 bridgehead atoms. The predicted molar refractivity (Wildman–Crippen MR) is 68.6 cm³/mol. The van der Waals surface area contributed by atoms with Gasteiger partial charge in [-0.25, -0.2) is 0 Å². The fraction of sp³-hybridized carbons (Fsp3) is 0.455. The van der Waals surface area contributed by atoms with E-state index in [1.165, 1.54) is 0 Å². The lowest BCUT2D eigenvalue weighted by molar-refractivity contribution is 0.283. The van der Waals surface area contributed by atoms with Gasteiger partial charge in [0.15, 0.2) is 0 Å². The van der Waals surface area contributed by atoms with Gasteiger partial charge in [-0.2, -0.15) is 0 Å². The molecule has 1 aromatic carbocycles. The number of halogens is 2. The maximum Gasteiger partial charge on any atom is 0.0499 e. The molecule has 0 spiro atoms. The quantitative estimate of drug-likeness (QED) is 0.784. The lowest BCUT2D eigenvalue weighted by atomic mass is 10.2. The predicted octanol–water partition coefficient (Wildman–Crippen LogP) is 3.68. The van der Waals surface area contributed by atoms with Crippen molar-refractivity contribution in [2.45, 2.75) is 19.3 Å². The zero-order chi connectivity index (χ0) is 11.1. The fourth-order valence-corrected chi connectivity index (χ4v) is 1.83. The van der Waals surface area contributed by atoms with Gasteiger partial charge in [0.25, 0.3) is 0 Å². The second-order valence-electron chi connectivity index (χ2n) is 3.34. The third-order valence-electron chi connectivity index (χ3n) is 2.08. The number of unbranched alkanes of at least 4 members (excludes halogenated alkanes) is 2. The first-order valence-electron chi connectivity index (χ1n) is 5.04. The van der Waals surface area contributed by atoms with Crippen LogP contribution >= 0.6 is 27.5 Å². The van der Waals surface area contributed by atoms with Crippen LogP contribution in [0.15, 0.2) is 22.7 Å². The Labute approximate surface area is 104 Å². The molecule has 0 aliphatic carbocycles. The van der Waals surface area contributed by atoms with Crippen molar-refractivity contribution in [1.82, 2.24) is 0 Å². The van der Waals surface area contributed by atoms with Gasteiger partial charge in [0.05, 0.1) is 0 Å². The maximum atomic E-state index is 8.62. The van der Waals surface area contributed by atoms with Crippen molar-refractivity contribution in [1.29, 1.82) is 0 Å². The first-order chi connectivity index (χ1) is 7.24. The van der Waals surface area contributed by atoms with Gasteiger partial charge in [-0.05, 0) is 53.4 Å². The van der Waals surface area contributed by atoms with Crippen molar-refractivity contribution < 1.29 is 5.11 Å². The lowest BCUT2D eigenvalue weighted by Crippen LogP contribution is -2.02. The average Bonchev–Trinajstić information content (AvgIpc) is 2.23. The number of hydrogen-bond donors (Lipinski definition) is 2. The van der Waals surface area contributed by atoms with Gasteiger partial charge >= 0.3 is 0 Å². The number of nitrogens with one attached hydrogen (secondary N) is 1. The van der Waals surface area contributed by atoms with E-state index in [9.17, 15) is 0 Å². The minimum Gasteiger partial charge on any atom is -0.396 e. The molecule has 0 aliphatic rings. The van der Waals surface area contributed by atoms with Crippen molar-refractivity contribution >= 4 is 33.2 Å². The van der Waals surface area contributed by atoms with Gasteiger partial charge in [-0.15, -0.1) is 0 Å². The van der Waals surface area contributed by atoms with Crippen LogP contribution in [0.5, 0.6) is 0 Å². The zero-order valence-electron chi connectivity index (χ0n) is 8.47. The van der Waals surface area contributed by atoms with Gasteiger partial charge in [-0.3, -0.25) is 0 Å². The summed E-state index contributed by atoms with van der Waals surface area (Å²) in [6.45, 7) is 1.18. The minimum absolute atomic E-state index is 0.279. The highest BCUT2D eigenvalue weighted by Crippen LogP contribution is 2.25. The summed E-state index contributed by atoms with van der Waals surface area (Å²) in [6, 6.07) is 5.68. The van der Waals surface area contributed by atoms with Gasteiger partial charge in [0.2, 0.25) is 0 Å². The number of aliphatic hydroxyl groups is 1. The summed E-state index contributed by atoms with van der Waals surface area (Å²) in [5, 5.41) is 12.6. The summed E-state index contributed by atoms with van der Waals surface area (Å²) in [6.07, 6.45) is 2.97. The van der Waals surface area contributed by atoms with Crippen LogP contribution in [0.1, 0.15) is 19.3 Å². The van der Waals surface area contributed by atoms with Crippen molar-refractivity contribution in [3.05, 3.63) is 27.7 Å². The van der Waals surface area contributed by atoms with Crippen LogP contribution in [0.3, 0.4) is 0 Å². The molecule has 0 atom stereocenters. The molecule has 84 valence electrons. The van der Waals surface area contributed by atoms with E-state index < -0.39 is 0 Å². The number of anilines is 1. The molecule has 0 amide bonds. The smallest absolute Gasteiger partial charge is 0.0499 e. The first kappa shape index (κ1) is 12.8. The van der Waals surface area contributed by atoms with Crippen molar-refractivity contribution in [3.63, 3.8) is 0 Å². The molecular weight excluding hydrogens is 277 g/mol. The van der Waals surface area contributed by atoms with E-state index in [0.717, 1.165) is 41.0 Å². The van der Waals surface area contributed by atoms with E-state index in [1.54, 1.807) is 0 Å². The van der Waals surface area contributed by atoms with E-state index in [2.05, 4.69) is 21.2 Å². The summed E-state index contributed by atoms with van der Waals surface area (Å²) in [5.74, 6) is 0. The standard InChI is InChI=1S/C11H15BrClNO/c12-10-5-4-9(13)8-11(10)14-6-2-1-3-7-15/h4-5,8,14-15H,1-3,6-7H2. The molecule has 0 aliphatic heterocycles. The summed E-state index contributed by atoms with van der Waals surface area (Å²) in [7, 11) is 0. The van der Waals surface area contributed by atoms with E-state index >= 15 is 0 Å². The normalized spacial score (nSPS) is 10.3. The molecule has 1 rings (SSSR count). The molecule has 0 unspecified atom stereocenters. The largest absolute Gasteiger partial charge is 0.396 e. The van der Waals surface area contributed by atoms with Gasteiger partial charge in [-0.1, -0.05) is 11.6 Å². The number of benzene rings is 1. The summed E-state index contributed by atoms with van der Waals surface area (Å²) >= 11 is 9.34. The summed E-state index contributed by atoms with van der Waals surface area (Å²) < 4.78 is 1.02. The number of hydrogen-bond acceptors (Lipinski definition) is 2. The highest BCUT2D eigenvalue weighted by molar-refractivity contribution is 9.10. The average molecular weight is 293 g/mol. The van der Waals surface area contributed by atoms with E-state index in [-0.39, 0.29) is 6.61 Å². The first-order valence-corrected chi connectivity index (χ1v) is 6.21. The molecule has 2 N–H and O–H groups in total. The third kappa shape index (κ3) is 4.87. The molecular formula is C11H15BrClNO. The van der Waals surface area contributed by atoms with Gasteiger partial charge < -0.3 is 10.4 Å². The van der Waals surface area contributed by atoms with E-state index in [1.807, 2.05) is 18.2 Å². The highest BCUT2D eigenvalue weighted by atomic mass is 79.9. The highest BCUT2D eigenvalue weighted by Gasteiger charge is 1.99. The van der Waals surface area contributed by atoms with Crippen molar-refractivity contribution in [2.24, 2.45) is 0 Å². The van der Waals surface area contributed by atoms with Crippen molar-refractivity contribution in [3.8, 4) is 0 Å². The van der Waals surface area contributed by atoms with Crippen LogP contribution in [-0.2, 0) is 0 Å². The monoisotopic (exact) mass is 291 g/mol. The van der Waals surface area contributed by atoms with Crippen LogP contribution < -0.4 is 5.32 Å². The summed E-state index contributed by atoms with van der Waals surface area (Å²) in [5.41, 5.74) is 1.02. The summed E-state index contributed by atoms with van der Waals surface area (Å²) in [4.78, 5) is 0. The third-order valence-corrected chi connectivity index (χ3v) is 3.01. The van der Waals surface area contributed by atoms with Crippen LogP contribution in [0.4, 0.5) is 5.69 Å². The second kappa shape index (κ2) is 7.09. The zero-order valence-corrected chi connectivity index (χ0v) is 10.8. The van der Waals surface area contributed by atoms with Gasteiger partial charge in [0.1, 0.15) is 0 Å². The molecule has 0 heterocycles. The Bertz CT molecular complexity index is 307. The molecule has 2 nitrogen and oxygen atoms in total. The molecule has 0 saturated heterocycles. The minimum atomic E-state index is 0.279. The Morgan fingerprint density at radius 2 is 2.07 bits per heavy atom. The van der Waals surface area contributed by atoms with Crippen LogP contribution in [0, 0.1) is 0 Å². The Morgan fingerprint density at radius 1 is 1.27 bits per heavy atom. The van der Waals surface area contributed by atoms with Crippen LogP contribution in [0.25, 0.3) is 0 Å².